The molecular weight excluding hydrogens is 416 g/mol. The number of nitrogens with one attached hydrogen (secondary N) is 2. The molecule has 0 spiro atoms. The third-order valence-corrected chi connectivity index (χ3v) is 5.39. The first-order valence-corrected chi connectivity index (χ1v) is 10.7. The predicted molar refractivity (Wildman–Crippen MR) is 127 cm³/mol. The van der Waals surface area contributed by atoms with E-state index in [9.17, 15) is 14.4 Å². The van der Waals surface area contributed by atoms with Crippen LogP contribution in [0.2, 0.25) is 0 Å². The Morgan fingerprint density at radius 2 is 1.58 bits per heavy atom. The van der Waals surface area contributed by atoms with Crippen molar-refractivity contribution in [1.29, 1.82) is 0 Å². The highest BCUT2D eigenvalue weighted by atomic mass is 16.2. The Morgan fingerprint density at radius 3 is 2.27 bits per heavy atom. The third-order valence-electron chi connectivity index (χ3n) is 5.39. The van der Waals surface area contributed by atoms with Crippen molar-refractivity contribution in [2.45, 2.75) is 19.5 Å². The number of rotatable bonds is 7. The molecule has 0 radical (unpaired) electrons. The molecule has 7 heteroatoms. The summed E-state index contributed by atoms with van der Waals surface area (Å²) < 4.78 is 0. The SMILES string of the molecule is CCN(Cc1nc2ccccc2c(=O)[nH]1)C(=O)C(NC(=O)c1ccccc1)c1ccccc1. The van der Waals surface area contributed by atoms with E-state index in [1.54, 1.807) is 59.5 Å². The Balaban J connectivity index is 1.62. The number of fused-ring (bicyclic) bond motifs is 1. The number of aromatic amines is 1. The molecule has 0 aliphatic heterocycles. The Morgan fingerprint density at radius 1 is 0.939 bits per heavy atom. The van der Waals surface area contributed by atoms with E-state index >= 15 is 0 Å². The number of carbonyl (C=O) groups is 2. The second-order valence-corrected chi connectivity index (χ2v) is 7.57. The average molecular weight is 441 g/mol. The molecule has 1 heterocycles. The maximum Gasteiger partial charge on any atom is 0.258 e. The fraction of sp³-hybridized carbons (Fsp3) is 0.154. The smallest absolute Gasteiger partial charge is 0.258 e. The zero-order valence-corrected chi connectivity index (χ0v) is 18.2. The summed E-state index contributed by atoms with van der Waals surface area (Å²) in [5.74, 6) is -0.245. The van der Waals surface area contributed by atoms with Gasteiger partial charge in [-0.25, -0.2) is 4.98 Å². The minimum absolute atomic E-state index is 0.111. The van der Waals surface area contributed by atoms with Gasteiger partial charge in [0.05, 0.1) is 17.4 Å². The lowest BCUT2D eigenvalue weighted by molar-refractivity contribution is -0.134. The zero-order chi connectivity index (χ0) is 23.2. The molecule has 33 heavy (non-hydrogen) atoms. The lowest BCUT2D eigenvalue weighted by Crippen LogP contribution is -2.43. The highest BCUT2D eigenvalue weighted by molar-refractivity contribution is 5.97. The fourth-order valence-electron chi connectivity index (χ4n) is 3.66. The van der Waals surface area contributed by atoms with E-state index in [2.05, 4.69) is 15.3 Å². The van der Waals surface area contributed by atoms with Crippen LogP contribution in [0.5, 0.6) is 0 Å². The van der Waals surface area contributed by atoms with Crippen LogP contribution < -0.4 is 10.9 Å². The van der Waals surface area contributed by atoms with E-state index in [-0.39, 0.29) is 23.9 Å². The number of benzene rings is 3. The quantitative estimate of drug-likeness (QED) is 0.460. The molecule has 0 saturated carbocycles. The lowest BCUT2D eigenvalue weighted by Gasteiger charge is -2.27. The van der Waals surface area contributed by atoms with Crippen LogP contribution in [0.1, 0.15) is 34.7 Å². The molecule has 2 N–H and O–H groups in total. The van der Waals surface area contributed by atoms with Crippen LogP contribution in [0.25, 0.3) is 10.9 Å². The van der Waals surface area contributed by atoms with Crippen molar-refractivity contribution in [2.24, 2.45) is 0 Å². The van der Waals surface area contributed by atoms with E-state index in [1.165, 1.54) is 0 Å². The summed E-state index contributed by atoms with van der Waals surface area (Å²) in [6.07, 6.45) is 0. The molecule has 0 fully saturated rings. The summed E-state index contributed by atoms with van der Waals surface area (Å²) in [4.78, 5) is 47.7. The van der Waals surface area contributed by atoms with Crippen LogP contribution in [-0.4, -0.2) is 33.2 Å². The fourth-order valence-corrected chi connectivity index (χ4v) is 3.66. The Labute approximate surface area is 191 Å². The van der Waals surface area contributed by atoms with Gasteiger partial charge in [0, 0.05) is 12.1 Å². The second kappa shape index (κ2) is 9.91. The topological polar surface area (TPSA) is 95.2 Å². The highest BCUT2D eigenvalue weighted by Crippen LogP contribution is 2.18. The molecule has 1 unspecified atom stereocenters. The zero-order valence-electron chi connectivity index (χ0n) is 18.2. The maximum atomic E-state index is 13.6. The average Bonchev–Trinajstić information content (AvgIpc) is 2.86. The lowest BCUT2D eigenvalue weighted by atomic mass is 10.0. The van der Waals surface area contributed by atoms with Crippen molar-refractivity contribution in [2.75, 3.05) is 6.54 Å². The van der Waals surface area contributed by atoms with Crippen molar-refractivity contribution in [3.8, 4) is 0 Å². The van der Waals surface area contributed by atoms with Crippen molar-refractivity contribution >= 4 is 22.7 Å². The summed E-state index contributed by atoms with van der Waals surface area (Å²) in [7, 11) is 0. The van der Waals surface area contributed by atoms with Gasteiger partial charge in [-0.3, -0.25) is 14.4 Å². The molecule has 0 bridgehead atoms. The molecule has 1 aromatic heterocycles. The molecule has 2 amide bonds. The van der Waals surface area contributed by atoms with Gasteiger partial charge >= 0.3 is 0 Å². The van der Waals surface area contributed by atoms with Crippen molar-refractivity contribution in [3.05, 3.63) is 112 Å². The van der Waals surface area contributed by atoms with Gasteiger partial charge < -0.3 is 15.2 Å². The first-order valence-electron chi connectivity index (χ1n) is 10.7. The first kappa shape index (κ1) is 22.0. The second-order valence-electron chi connectivity index (χ2n) is 7.57. The molecular formula is C26H24N4O3. The Kier molecular flexibility index (Phi) is 6.59. The van der Waals surface area contributed by atoms with Crippen LogP contribution in [0, 0.1) is 0 Å². The van der Waals surface area contributed by atoms with Gasteiger partial charge in [0.25, 0.3) is 11.5 Å². The van der Waals surface area contributed by atoms with Gasteiger partial charge in [-0.1, -0.05) is 60.7 Å². The standard InChI is InChI=1S/C26H24N4O3/c1-2-30(17-22-27-21-16-10-9-15-20(21)25(32)28-22)26(33)23(18-11-5-3-6-12-18)29-24(31)19-13-7-4-8-14-19/h3-16,23H,2,17H2,1H3,(H,29,31)(H,27,28,32). The number of para-hydroxylation sites is 1. The van der Waals surface area contributed by atoms with Gasteiger partial charge in [0.15, 0.2) is 0 Å². The number of likely N-dealkylation sites (N-methyl/N-ethyl adjacent to an activating group) is 1. The van der Waals surface area contributed by atoms with E-state index in [0.29, 0.717) is 34.4 Å². The predicted octanol–water partition coefficient (Wildman–Crippen LogP) is 3.44. The Bertz CT molecular complexity index is 1320. The van der Waals surface area contributed by atoms with E-state index in [0.717, 1.165) is 0 Å². The molecule has 3 aromatic carbocycles. The molecule has 7 nitrogen and oxygen atoms in total. The van der Waals surface area contributed by atoms with E-state index in [1.807, 2.05) is 37.3 Å². The number of hydrogen-bond donors (Lipinski definition) is 2. The number of hydrogen-bond acceptors (Lipinski definition) is 4. The molecule has 4 rings (SSSR count). The third kappa shape index (κ3) is 4.98. The van der Waals surface area contributed by atoms with Crippen LogP contribution in [-0.2, 0) is 11.3 Å². The normalized spacial score (nSPS) is 11.7. The number of carbonyl (C=O) groups excluding carboxylic acids is 2. The van der Waals surface area contributed by atoms with Gasteiger partial charge in [0.1, 0.15) is 11.9 Å². The number of amides is 2. The summed E-state index contributed by atoms with van der Waals surface area (Å²) in [6.45, 7) is 2.33. The maximum absolute atomic E-state index is 13.6. The van der Waals surface area contributed by atoms with Crippen molar-refractivity contribution < 1.29 is 9.59 Å². The van der Waals surface area contributed by atoms with Crippen molar-refractivity contribution in [1.82, 2.24) is 20.2 Å². The van der Waals surface area contributed by atoms with Crippen LogP contribution in [0.15, 0.2) is 89.7 Å². The number of aromatic nitrogens is 2. The number of H-pyrrole nitrogens is 1. The minimum atomic E-state index is -0.883. The van der Waals surface area contributed by atoms with E-state index in [4.69, 9.17) is 0 Å². The summed E-state index contributed by atoms with van der Waals surface area (Å²) in [5, 5.41) is 3.36. The minimum Gasteiger partial charge on any atom is -0.336 e. The highest BCUT2D eigenvalue weighted by Gasteiger charge is 2.28. The van der Waals surface area contributed by atoms with Crippen LogP contribution >= 0.6 is 0 Å². The van der Waals surface area contributed by atoms with Gasteiger partial charge in [-0.15, -0.1) is 0 Å². The van der Waals surface area contributed by atoms with Gasteiger partial charge in [-0.2, -0.15) is 0 Å². The number of nitrogens with zero attached hydrogens (tertiary/aromatic N) is 2. The molecule has 166 valence electrons. The Hall–Kier alpha value is -4.26. The van der Waals surface area contributed by atoms with Crippen LogP contribution in [0.4, 0.5) is 0 Å². The van der Waals surface area contributed by atoms with Crippen LogP contribution in [0.3, 0.4) is 0 Å². The molecule has 0 aliphatic rings. The summed E-state index contributed by atoms with van der Waals surface area (Å²) in [5.41, 5.74) is 1.45. The monoisotopic (exact) mass is 440 g/mol. The van der Waals surface area contributed by atoms with Gasteiger partial charge in [-0.05, 0) is 36.8 Å². The van der Waals surface area contributed by atoms with E-state index < -0.39 is 6.04 Å². The molecule has 0 saturated heterocycles. The summed E-state index contributed by atoms with van der Waals surface area (Å²) >= 11 is 0. The first-order chi connectivity index (χ1) is 16.1. The van der Waals surface area contributed by atoms with Gasteiger partial charge in [0.2, 0.25) is 5.91 Å². The molecule has 0 aliphatic carbocycles. The largest absolute Gasteiger partial charge is 0.336 e. The van der Waals surface area contributed by atoms with Crippen molar-refractivity contribution in [3.63, 3.8) is 0 Å². The summed E-state index contributed by atoms with van der Waals surface area (Å²) in [6, 6.07) is 24.0. The molecule has 1 atom stereocenters. The molecule has 4 aromatic rings.